The van der Waals surface area contributed by atoms with Crippen LogP contribution in [0, 0.1) is 11.6 Å². The topological polar surface area (TPSA) is 75.0 Å². The lowest BCUT2D eigenvalue weighted by Crippen LogP contribution is -2.66. The maximum absolute atomic E-state index is 15.4. The fourth-order valence-corrected chi connectivity index (χ4v) is 6.46. The molecular formula is C27H23F2N3O4. The summed E-state index contributed by atoms with van der Waals surface area (Å²) in [6.45, 7) is 0.769. The second-order valence-corrected chi connectivity index (χ2v) is 9.92. The van der Waals surface area contributed by atoms with E-state index in [1.54, 1.807) is 11.0 Å². The zero-order valence-corrected chi connectivity index (χ0v) is 19.2. The van der Waals surface area contributed by atoms with Crippen LogP contribution in [0.5, 0.6) is 5.75 Å². The Morgan fingerprint density at radius 2 is 1.72 bits per heavy atom. The maximum Gasteiger partial charge on any atom is 0.278 e. The number of fused-ring (bicyclic) bond motifs is 2. The number of carbonyl (C=O) groups is 1. The van der Waals surface area contributed by atoms with Crippen LogP contribution in [-0.2, 0) is 4.74 Å². The first-order chi connectivity index (χ1) is 17.5. The van der Waals surface area contributed by atoms with E-state index in [9.17, 15) is 19.1 Å². The summed E-state index contributed by atoms with van der Waals surface area (Å²) in [6.07, 6.45) is 2.34. The molecule has 1 aromatic heterocycles. The molecule has 1 amide bonds. The van der Waals surface area contributed by atoms with Gasteiger partial charge in [0.15, 0.2) is 23.1 Å². The number of benzene rings is 2. The molecule has 184 valence electrons. The van der Waals surface area contributed by atoms with Gasteiger partial charge in [-0.05, 0) is 53.0 Å². The van der Waals surface area contributed by atoms with Gasteiger partial charge in [0.05, 0.1) is 19.3 Å². The van der Waals surface area contributed by atoms with Crippen LogP contribution in [-0.4, -0.2) is 46.5 Å². The molecule has 9 heteroatoms. The van der Waals surface area contributed by atoms with Gasteiger partial charge in [0.2, 0.25) is 5.43 Å². The SMILES string of the molecule is O=C1c2c(O)c(=O)ccn2N(C2c3ccccc3C3CC(C3)c3c2ccc(F)c3F)C2COCCN12. The van der Waals surface area contributed by atoms with Crippen LogP contribution in [0.25, 0.3) is 0 Å². The Bertz CT molecular complexity index is 1480. The van der Waals surface area contributed by atoms with Crippen molar-refractivity contribution in [1.82, 2.24) is 9.58 Å². The van der Waals surface area contributed by atoms with Crippen molar-refractivity contribution in [2.45, 2.75) is 36.9 Å². The highest BCUT2D eigenvalue weighted by Crippen LogP contribution is 2.55. The summed E-state index contributed by atoms with van der Waals surface area (Å²) >= 11 is 0. The normalized spacial score (nSPS) is 26.1. The van der Waals surface area contributed by atoms with Crippen LogP contribution < -0.4 is 10.4 Å². The summed E-state index contributed by atoms with van der Waals surface area (Å²) < 4.78 is 37.2. The van der Waals surface area contributed by atoms with Gasteiger partial charge in [0.25, 0.3) is 5.91 Å². The molecule has 3 heterocycles. The Hall–Kier alpha value is -3.72. The van der Waals surface area contributed by atoms with Crippen molar-refractivity contribution in [2.75, 3.05) is 24.8 Å². The van der Waals surface area contributed by atoms with Gasteiger partial charge in [-0.15, -0.1) is 0 Å². The molecule has 1 saturated heterocycles. The van der Waals surface area contributed by atoms with Gasteiger partial charge in [0.1, 0.15) is 6.17 Å². The van der Waals surface area contributed by atoms with Gasteiger partial charge in [-0.2, -0.15) is 0 Å². The second kappa shape index (κ2) is 7.64. The van der Waals surface area contributed by atoms with Crippen molar-refractivity contribution >= 4 is 5.91 Å². The fourth-order valence-electron chi connectivity index (χ4n) is 6.46. The van der Waals surface area contributed by atoms with E-state index >= 15 is 4.39 Å². The minimum atomic E-state index is -0.886. The monoisotopic (exact) mass is 491 g/mol. The van der Waals surface area contributed by atoms with Gasteiger partial charge in [-0.3, -0.25) is 19.3 Å². The van der Waals surface area contributed by atoms with E-state index in [4.69, 9.17) is 4.74 Å². The molecule has 2 bridgehead atoms. The Balaban J connectivity index is 1.55. The number of aromatic nitrogens is 1. The first-order valence-corrected chi connectivity index (χ1v) is 12.1. The number of nitrogens with zero attached hydrogens (tertiary/aromatic N) is 3. The van der Waals surface area contributed by atoms with Crippen LogP contribution in [0.1, 0.15) is 63.5 Å². The highest BCUT2D eigenvalue weighted by molar-refractivity contribution is 5.96. The van der Waals surface area contributed by atoms with Gasteiger partial charge >= 0.3 is 0 Å². The van der Waals surface area contributed by atoms with Gasteiger partial charge in [0, 0.05) is 18.8 Å². The lowest BCUT2D eigenvalue weighted by molar-refractivity contribution is -0.0198. The van der Waals surface area contributed by atoms with E-state index in [1.807, 2.05) is 23.2 Å². The zero-order chi connectivity index (χ0) is 24.7. The standard InChI is InChI=1S/C27H23F2N3O4/c28-19-6-5-18-22(23(19)29)15-11-14(12-15)16-3-1-2-4-17(16)24(18)32-21-13-36-10-9-30(21)27(35)25-26(34)20(33)7-8-31(25)32/h1-8,14-15,21,24,34H,9-13H2. The summed E-state index contributed by atoms with van der Waals surface area (Å²) in [5, 5.41) is 12.6. The molecule has 0 spiro atoms. The van der Waals surface area contributed by atoms with E-state index in [-0.39, 0.29) is 30.7 Å². The summed E-state index contributed by atoms with van der Waals surface area (Å²) in [4.78, 5) is 27.4. The average Bonchev–Trinajstić information content (AvgIpc) is 2.85. The zero-order valence-electron chi connectivity index (χ0n) is 19.2. The van der Waals surface area contributed by atoms with Crippen molar-refractivity contribution in [3.05, 3.63) is 98.5 Å². The van der Waals surface area contributed by atoms with Gasteiger partial charge in [-0.25, -0.2) is 8.78 Å². The first-order valence-electron chi connectivity index (χ1n) is 12.1. The Labute approximate surface area is 205 Å². The third-order valence-corrected chi connectivity index (χ3v) is 8.18. The fraction of sp³-hybridized carbons (Fsp3) is 0.333. The average molecular weight is 491 g/mol. The van der Waals surface area contributed by atoms with Crippen molar-refractivity contribution in [1.29, 1.82) is 0 Å². The van der Waals surface area contributed by atoms with E-state index in [0.29, 0.717) is 17.7 Å². The number of ether oxygens (including phenoxy) is 1. The molecule has 3 aliphatic carbocycles. The molecule has 1 N–H and O–H groups in total. The van der Waals surface area contributed by atoms with E-state index in [1.165, 1.54) is 16.9 Å². The predicted octanol–water partition coefficient (Wildman–Crippen LogP) is 3.35. The van der Waals surface area contributed by atoms with Crippen molar-refractivity contribution in [3.63, 3.8) is 0 Å². The Morgan fingerprint density at radius 1 is 0.944 bits per heavy atom. The lowest BCUT2D eigenvalue weighted by atomic mass is 9.63. The van der Waals surface area contributed by atoms with Gasteiger partial charge in [-0.1, -0.05) is 30.3 Å². The molecule has 36 heavy (non-hydrogen) atoms. The molecule has 5 aliphatic rings. The Kier molecular flexibility index (Phi) is 4.57. The molecule has 7 nitrogen and oxygen atoms in total. The van der Waals surface area contributed by atoms with Crippen LogP contribution in [0.2, 0.25) is 0 Å². The number of carbonyl (C=O) groups excluding carboxylic acids is 1. The lowest BCUT2D eigenvalue weighted by Gasteiger charge is -2.53. The quantitative estimate of drug-likeness (QED) is 0.565. The van der Waals surface area contributed by atoms with Crippen LogP contribution in [0.3, 0.4) is 0 Å². The second-order valence-electron chi connectivity index (χ2n) is 9.92. The molecule has 1 saturated carbocycles. The largest absolute Gasteiger partial charge is 0.502 e. The first kappa shape index (κ1) is 21.6. The van der Waals surface area contributed by atoms with Crippen LogP contribution in [0.15, 0.2) is 53.5 Å². The summed E-state index contributed by atoms with van der Waals surface area (Å²) in [6, 6.07) is 11.3. The van der Waals surface area contributed by atoms with Gasteiger partial charge < -0.3 is 14.7 Å². The number of amides is 1. The number of morpholine rings is 1. The Morgan fingerprint density at radius 3 is 2.53 bits per heavy atom. The van der Waals surface area contributed by atoms with Crippen molar-refractivity contribution in [2.24, 2.45) is 0 Å². The molecule has 8 rings (SSSR count). The molecule has 0 radical (unpaired) electrons. The smallest absolute Gasteiger partial charge is 0.278 e. The molecular weight excluding hydrogens is 468 g/mol. The van der Waals surface area contributed by atoms with E-state index in [0.717, 1.165) is 30.0 Å². The van der Waals surface area contributed by atoms with Crippen molar-refractivity contribution < 1.29 is 23.4 Å². The van der Waals surface area contributed by atoms with Crippen LogP contribution in [0.4, 0.5) is 8.78 Å². The number of hydrogen-bond donors (Lipinski definition) is 1. The predicted molar refractivity (Wildman–Crippen MR) is 126 cm³/mol. The number of rotatable bonds is 1. The minimum Gasteiger partial charge on any atom is -0.502 e. The third-order valence-electron chi connectivity index (χ3n) is 8.18. The minimum absolute atomic E-state index is 0.122. The highest BCUT2D eigenvalue weighted by Gasteiger charge is 2.48. The van der Waals surface area contributed by atoms with Crippen molar-refractivity contribution in [3.8, 4) is 5.75 Å². The van der Waals surface area contributed by atoms with E-state index in [2.05, 4.69) is 6.07 Å². The van der Waals surface area contributed by atoms with E-state index < -0.39 is 40.9 Å². The number of halogens is 2. The number of pyridine rings is 1. The molecule has 2 aliphatic heterocycles. The number of hydrogen-bond acceptors (Lipinski definition) is 5. The molecule has 2 fully saturated rings. The highest BCUT2D eigenvalue weighted by atomic mass is 19.2. The third kappa shape index (κ3) is 2.80. The summed E-state index contributed by atoms with van der Waals surface area (Å²) in [7, 11) is 0. The van der Waals surface area contributed by atoms with Crippen LogP contribution >= 0.6 is 0 Å². The molecule has 2 aromatic carbocycles. The molecule has 2 atom stereocenters. The molecule has 2 unspecified atom stereocenters. The summed E-state index contributed by atoms with van der Waals surface area (Å²) in [5.41, 5.74) is 2.20. The summed E-state index contributed by atoms with van der Waals surface area (Å²) in [5.74, 6) is -2.75. The molecule has 3 aromatic rings. The maximum atomic E-state index is 15.4. The number of aromatic hydroxyl groups is 1.